The molecule has 0 N–H and O–H groups in total. The molecule has 3 rings (SSSR count). The maximum absolute atomic E-state index is 13.1. The van der Waals surface area contributed by atoms with Gasteiger partial charge in [0.2, 0.25) is 0 Å². The number of carbonyl (C=O) groups excluding carboxylic acids is 1. The minimum Gasteiger partial charge on any atom is -0.493 e. The lowest BCUT2D eigenvalue weighted by Gasteiger charge is -2.13. The number of carbonyl (C=O) groups is 1. The van der Waals surface area contributed by atoms with Crippen LogP contribution in [0, 0.1) is 5.82 Å². The smallest absolute Gasteiger partial charge is 0.336 e. The van der Waals surface area contributed by atoms with Crippen molar-refractivity contribution in [3.05, 3.63) is 64.4 Å². The van der Waals surface area contributed by atoms with Gasteiger partial charge in [0.05, 0.1) is 16.7 Å². The van der Waals surface area contributed by atoms with Crippen LogP contribution < -0.4 is 9.47 Å². The topological polar surface area (TPSA) is 35.5 Å². The molecule has 0 bridgehead atoms. The normalized spacial score (nSPS) is 14.7. The van der Waals surface area contributed by atoms with E-state index >= 15 is 0 Å². The molecule has 0 radical (unpaired) electrons. The summed E-state index contributed by atoms with van der Waals surface area (Å²) in [5, 5.41) is 0.000396. The largest absolute Gasteiger partial charge is 0.493 e. The SMILES string of the molecule is COc1cc(C2SCCS2)ccc1OC(=O)/C=C/c1ccc(F)c(Cl)c1. The predicted molar refractivity (Wildman–Crippen MR) is 107 cm³/mol. The van der Waals surface area contributed by atoms with Crippen LogP contribution in [0.2, 0.25) is 5.02 Å². The highest BCUT2D eigenvalue weighted by Crippen LogP contribution is 2.46. The van der Waals surface area contributed by atoms with E-state index in [0.717, 1.165) is 17.1 Å². The summed E-state index contributed by atoms with van der Waals surface area (Å²) in [5.41, 5.74) is 1.75. The first-order valence-electron chi connectivity index (χ1n) is 7.83. The summed E-state index contributed by atoms with van der Waals surface area (Å²) in [4.78, 5) is 12.1. The summed E-state index contributed by atoms with van der Waals surface area (Å²) in [5.74, 6) is 2.08. The second-order valence-corrected chi connectivity index (χ2v) is 8.54. The fourth-order valence-electron chi connectivity index (χ4n) is 2.39. The van der Waals surface area contributed by atoms with Crippen molar-refractivity contribution in [2.45, 2.75) is 4.58 Å². The summed E-state index contributed by atoms with van der Waals surface area (Å²) in [6, 6.07) is 9.80. The van der Waals surface area contributed by atoms with Crippen LogP contribution in [-0.2, 0) is 4.79 Å². The molecule has 1 fully saturated rings. The van der Waals surface area contributed by atoms with Crippen molar-refractivity contribution in [3.63, 3.8) is 0 Å². The lowest BCUT2D eigenvalue weighted by Crippen LogP contribution is -2.05. The molecule has 7 heteroatoms. The third-order valence-corrected chi connectivity index (χ3v) is 7.04. The molecule has 0 aliphatic carbocycles. The van der Waals surface area contributed by atoms with Gasteiger partial charge in [0.15, 0.2) is 11.5 Å². The molecule has 0 unspecified atom stereocenters. The Kier molecular flexibility index (Phi) is 6.51. The average molecular weight is 411 g/mol. The Morgan fingerprint density at radius 2 is 1.96 bits per heavy atom. The zero-order valence-corrected chi connectivity index (χ0v) is 16.3. The van der Waals surface area contributed by atoms with Gasteiger partial charge in [0, 0.05) is 17.6 Å². The van der Waals surface area contributed by atoms with Crippen LogP contribution in [0.25, 0.3) is 6.08 Å². The average Bonchev–Trinajstić information content (AvgIpc) is 3.18. The van der Waals surface area contributed by atoms with Crippen molar-refractivity contribution in [2.75, 3.05) is 18.6 Å². The highest BCUT2D eigenvalue weighted by atomic mass is 35.5. The minimum absolute atomic E-state index is 0.000396. The molecule has 0 amide bonds. The minimum atomic E-state index is -0.555. The van der Waals surface area contributed by atoms with Gasteiger partial charge >= 0.3 is 5.97 Å². The first-order chi connectivity index (χ1) is 12.6. The lowest BCUT2D eigenvalue weighted by molar-refractivity contribution is -0.129. The van der Waals surface area contributed by atoms with Gasteiger partial charge in [-0.1, -0.05) is 23.7 Å². The lowest BCUT2D eigenvalue weighted by atomic mass is 10.2. The van der Waals surface area contributed by atoms with Crippen molar-refractivity contribution >= 4 is 47.2 Å². The Morgan fingerprint density at radius 1 is 1.19 bits per heavy atom. The molecule has 1 heterocycles. The molecular weight excluding hydrogens is 395 g/mol. The van der Waals surface area contributed by atoms with E-state index in [1.165, 1.54) is 30.4 Å². The third-order valence-electron chi connectivity index (χ3n) is 3.65. The van der Waals surface area contributed by atoms with Crippen LogP contribution in [0.3, 0.4) is 0 Å². The molecular formula is C19H16ClFO3S2. The first kappa shape index (κ1) is 19.1. The van der Waals surface area contributed by atoms with E-state index < -0.39 is 11.8 Å². The van der Waals surface area contributed by atoms with Gasteiger partial charge in [-0.2, -0.15) is 0 Å². The van der Waals surface area contributed by atoms with Gasteiger partial charge in [-0.05, 0) is 41.5 Å². The maximum Gasteiger partial charge on any atom is 0.336 e. The van der Waals surface area contributed by atoms with E-state index in [4.69, 9.17) is 21.1 Å². The fraction of sp³-hybridized carbons (Fsp3) is 0.211. The van der Waals surface area contributed by atoms with Crippen LogP contribution in [0.1, 0.15) is 15.7 Å². The standard InChI is InChI=1S/C19H16ClFO3S2/c1-23-17-11-13(19-25-8-9-26-19)4-6-16(17)24-18(22)7-3-12-2-5-15(21)14(20)10-12/h2-7,10-11,19H,8-9H2,1H3/b7-3+. The van der Waals surface area contributed by atoms with Crippen molar-refractivity contribution in [3.8, 4) is 11.5 Å². The Labute approximate surface area is 164 Å². The van der Waals surface area contributed by atoms with Crippen molar-refractivity contribution in [1.82, 2.24) is 0 Å². The van der Waals surface area contributed by atoms with Crippen molar-refractivity contribution in [2.24, 2.45) is 0 Å². The Hall–Kier alpha value is -1.63. The van der Waals surface area contributed by atoms with Gasteiger partial charge in [0.1, 0.15) is 5.82 Å². The van der Waals surface area contributed by atoms with E-state index in [1.54, 1.807) is 13.2 Å². The molecule has 0 aromatic heterocycles. The molecule has 3 nitrogen and oxygen atoms in total. The zero-order chi connectivity index (χ0) is 18.5. The summed E-state index contributed by atoms with van der Waals surface area (Å²) in [6.07, 6.45) is 2.78. The van der Waals surface area contributed by atoms with Crippen LogP contribution in [0.15, 0.2) is 42.5 Å². The van der Waals surface area contributed by atoms with E-state index in [9.17, 15) is 9.18 Å². The fourth-order valence-corrected chi connectivity index (χ4v) is 5.42. The van der Waals surface area contributed by atoms with Gasteiger partial charge in [-0.15, -0.1) is 23.5 Å². The molecule has 26 heavy (non-hydrogen) atoms. The first-order valence-corrected chi connectivity index (χ1v) is 10.3. The molecule has 1 saturated heterocycles. The maximum atomic E-state index is 13.1. The quantitative estimate of drug-likeness (QED) is 0.365. The second kappa shape index (κ2) is 8.84. The van der Waals surface area contributed by atoms with Gasteiger partial charge in [-0.3, -0.25) is 0 Å². The number of benzene rings is 2. The monoisotopic (exact) mass is 410 g/mol. The highest BCUT2D eigenvalue weighted by Gasteiger charge is 2.20. The molecule has 0 atom stereocenters. The predicted octanol–water partition coefficient (Wildman–Crippen LogP) is 5.59. The summed E-state index contributed by atoms with van der Waals surface area (Å²) in [6.45, 7) is 0. The van der Waals surface area contributed by atoms with Crippen LogP contribution in [-0.4, -0.2) is 24.6 Å². The number of halogens is 2. The Morgan fingerprint density at radius 3 is 2.65 bits per heavy atom. The number of hydrogen-bond donors (Lipinski definition) is 0. The van der Waals surface area contributed by atoms with E-state index in [1.807, 2.05) is 35.7 Å². The van der Waals surface area contributed by atoms with Crippen molar-refractivity contribution < 1.29 is 18.7 Å². The number of ether oxygens (including phenoxy) is 2. The summed E-state index contributed by atoms with van der Waals surface area (Å²) in [7, 11) is 1.54. The number of methoxy groups -OCH3 is 1. The third kappa shape index (κ3) is 4.75. The number of rotatable bonds is 5. The number of hydrogen-bond acceptors (Lipinski definition) is 5. The summed E-state index contributed by atoms with van der Waals surface area (Å²) >= 11 is 9.51. The summed E-state index contributed by atoms with van der Waals surface area (Å²) < 4.78 is 24.3. The highest BCUT2D eigenvalue weighted by molar-refractivity contribution is 8.19. The Bertz CT molecular complexity index is 836. The molecule has 0 saturated carbocycles. The van der Waals surface area contributed by atoms with E-state index in [2.05, 4.69) is 0 Å². The molecule has 0 spiro atoms. The van der Waals surface area contributed by atoms with Gasteiger partial charge < -0.3 is 9.47 Å². The van der Waals surface area contributed by atoms with E-state index in [0.29, 0.717) is 21.6 Å². The zero-order valence-electron chi connectivity index (χ0n) is 13.9. The van der Waals surface area contributed by atoms with Crippen LogP contribution in [0.4, 0.5) is 4.39 Å². The number of thioether (sulfide) groups is 2. The van der Waals surface area contributed by atoms with Gasteiger partial charge in [0.25, 0.3) is 0 Å². The molecule has 136 valence electrons. The molecule has 1 aliphatic heterocycles. The second-order valence-electron chi connectivity index (χ2n) is 5.41. The van der Waals surface area contributed by atoms with Crippen molar-refractivity contribution in [1.29, 1.82) is 0 Å². The Balaban J connectivity index is 1.69. The molecule has 2 aromatic carbocycles. The molecule has 2 aromatic rings. The number of esters is 1. The van der Waals surface area contributed by atoms with Crippen LogP contribution >= 0.6 is 35.1 Å². The molecule has 1 aliphatic rings. The van der Waals surface area contributed by atoms with Crippen LogP contribution in [0.5, 0.6) is 11.5 Å². The van der Waals surface area contributed by atoms with Gasteiger partial charge in [-0.25, -0.2) is 9.18 Å². The van der Waals surface area contributed by atoms with E-state index in [-0.39, 0.29) is 5.02 Å².